The molecule has 3 rings (SSSR count). The number of ether oxygens (including phenoxy) is 2. The summed E-state index contributed by atoms with van der Waals surface area (Å²) in [6.45, 7) is 0.640. The van der Waals surface area contributed by atoms with Crippen LogP contribution in [0.3, 0.4) is 0 Å². The van der Waals surface area contributed by atoms with Crippen LogP contribution < -0.4 is 15.0 Å². The van der Waals surface area contributed by atoms with Gasteiger partial charge < -0.3 is 14.8 Å². The molecule has 2 amide bonds. The van der Waals surface area contributed by atoms with Crippen molar-refractivity contribution in [2.24, 2.45) is 0 Å². The lowest BCUT2D eigenvalue weighted by Gasteiger charge is -2.14. The minimum atomic E-state index is -0.429. The lowest BCUT2D eigenvalue weighted by molar-refractivity contribution is 0.0916. The van der Waals surface area contributed by atoms with Gasteiger partial charge in [0.1, 0.15) is 11.9 Å². The zero-order valence-corrected chi connectivity index (χ0v) is 13.3. The summed E-state index contributed by atoms with van der Waals surface area (Å²) < 4.78 is 10.5. The summed E-state index contributed by atoms with van der Waals surface area (Å²) in [4.78, 5) is 25.6. The molecule has 1 heterocycles. The van der Waals surface area contributed by atoms with E-state index in [4.69, 9.17) is 9.47 Å². The average molecular weight is 326 g/mol. The van der Waals surface area contributed by atoms with Gasteiger partial charge in [-0.25, -0.2) is 4.79 Å². The predicted octanol–water partition coefficient (Wildman–Crippen LogP) is 2.45. The second kappa shape index (κ2) is 7.04. The molecule has 6 nitrogen and oxygen atoms in total. The Labute approximate surface area is 140 Å². The highest BCUT2D eigenvalue weighted by molar-refractivity contribution is 5.94. The third-order valence-electron chi connectivity index (χ3n) is 3.77. The molecule has 2 aromatic carbocycles. The van der Waals surface area contributed by atoms with Crippen molar-refractivity contribution in [2.75, 3.05) is 25.1 Å². The summed E-state index contributed by atoms with van der Waals surface area (Å²) in [5.41, 5.74) is 1.28. The average Bonchev–Trinajstić information content (AvgIpc) is 3.01. The summed E-state index contributed by atoms with van der Waals surface area (Å²) in [5.74, 6) is 0.479. The van der Waals surface area contributed by atoms with Crippen LogP contribution in [0.2, 0.25) is 0 Å². The lowest BCUT2D eigenvalue weighted by atomic mass is 10.2. The number of hydrogen-bond donors (Lipinski definition) is 1. The topological polar surface area (TPSA) is 67.9 Å². The lowest BCUT2D eigenvalue weighted by Crippen LogP contribution is -2.34. The third kappa shape index (κ3) is 3.48. The highest BCUT2D eigenvalue weighted by atomic mass is 16.6. The number of nitrogens with one attached hydrogen (secondary N) is 1. The molecule has 1 fully saturated rings. The zero-order chi connectivity index (χ0) is 16.9. The van der Waals surface area contributed by atoms with Gasteiger partial charge in [0.25, 0.3) is 5.91 Å². The van der Waals surface area contributed by atoms with Crippen molar-refractivity contribution in [3.63, 3.8) is 0 Å². The minimum Gasteiger partial charge on any atom is -0.497 e. The number of benzene rings is 2. The van der Waals surface area contributed by atoms with E-state index in [1.807, 2.05) is 24.3 Å². The Balaban J connectivity index is 1.59. The highest BCUT2D eigenvalue weighted by Crippen LogP contribution is 2.25. The van der Waals surface area contributed by atoms with Crippen molar-refractivity contribution in [3.8, 4) is 5.75 Å². The minimum absolute atomic E-state index is 0.188. The molecule has 1 N–H and O–H groups in total. The molecule has 1 aliphatic rings. The Kier molecular flexibility index (Phi) is 4.65. The van der Waals surface area contributed by atoms with Gasteiger partial charge in [-0.3, -0.25) is 9.69 Å². The molecule has 0 aromatic heterocycles. The Morgan fingerprint density at radius 3 is 2.79 bits per heavy atom. The molecule has 1 unspecified atom stereocenters. The molecular formula is C18H18N2O4. The van der Waals surface area contributed by atoms with Gasteiger partial charge in [-0.05, 0) is 24.3 Å². The first-order valence-electron chi connectivity index (χ1n) is 7.63. The monoisotopic (exact) mass is 326 g/mol. The normalized spacial score (nSPS) is 16.6. The Morgan fingerprint density at radius 2 is 2.04 bits per heavy atom. The van der Waals surface area contributed by atoms with Crippen LogP contribution >= 0.6 is 0 Å². The van der Waals surface area contributed by atoms with Crippen molar-refractivity contribution in [3.05, 3.63) is 60.2 Å². The number of rotatable bonds is 5. The summed E-state index contributed by atoms with van der Waals surface area (Å²) in [7, 11) is 1.57. The van der Waals surface area contributed by atoms with E-state index in [-0.39, 0.29) is 12.5 Å². The zero-order valence-electron chi connectivity index (χ0n) is 13.3. The number of carbonyl (C=O) groups excluding carboxylic acids is 2. The van der Waals surface area contributed by atoms with E-state index < -0.39 is 12.2 Å². The SMILES string of the molecule is COc1cccc(N2CC(CNC(=O)c3ccccc3)OC2=O)c1. The van der Waals surface area contributed by atoms with Gasteiger partial charge in [-0.2, -0.15) is 0 Å². The quantitative estimate of drug-likeness (QED) is 0.916. The molecule has 2 aromatic rings. The van der Waals surface area contributed by atoms with Crippen molar-refractivity contribution < 1.29 is 19.1 Å². The van der Waals surface area contributed by atoms with Gasteiger partial charge >= 0.3 is 6.09 Å². The van der Waals surface area contributed by atoms with Crippen LogP contribution in [0, 0.1) is 0 Å². The second-order valence-electron chi connectivity index (χ2n) is 5.39. The van der Waals surface area contributed by atoms with Gasteiger partial charge in [0.2, 0.25) is 0 Å². The number of nitrogens with zero attached hydrogens (tertiary/aromatic N) is 1. The van der Waals surface area contributed by atoms with Crippen LogP contribution in [0.25, 0.3) is 0 Å². The number of carbonyl (C=O) groups is 2. The molecule has 0 aliphatic carbocycles. The molecule has 0 radical (unpaired) electrons. The largest absolute Gasteiger partial charge is 0.497 e. The molecule has 24 heavy (non-hydrogen) atoms. The van der Waals surface area contributed by atoms with Crippen molar-refractivity contribution in [2.45, 2.75) is 6.10 Å². The van der Waals surface area contributed by atoms with Crippen LogP contribution in [0.4, 0.5) is 10.5 Å². The molecule has 1 saturated heterocycles. The number of methoxy groups -OCH3 is 1. The van der Waals surface area contributed by atoms with E-state index in [1.54, 1.807) is 37.4 Å². The fraction of sp³-hybridized carbons (Fsp3) is 0.222. The van der Waals surface area contributed by atoms with E-state index in [0.717, 1.165) is 0 Å². The van der Waals surface area contributed by atoms with Crippen LogP contribution in [0.5, 0.6) is 5.75 Å². The molecule has 6 heteroatoms. The molecule has 0 spiro atoms. The first kappa shape index (κ1) is 15.9. The summed E-state index contributed by atoms with van der Waals surface area (Å²) >= 11 is 0. The fourth-order valence-electron chi connectivity index (χ4n) is 2.52. The van der Waals surface area contributed by atoms with Crippen LogP contribution in [-0.4, -0.2) is 38.3 Å². The standard InChI is InChI=1S/C18H18N2O4/c1-23-15-9-5-8-14(10-15)20-12-16(24-18(20)22)11-19-17(21)13-6-3-2-4-7-13/h2-10,16H,11-12H2,1H3,(H,19,21). The van der Waals surface area contributed by atoms with Gasteiger partial charge in [0.05, 0.1) is 25.9 Å². The van der Waals surface area contributed by atoms with Gasteiger partial charge in [-0.15, -0.1) is 0 Å². The van der Waals surface area contributed by atoms with E-state index in [9.17, 15) is 9.59 Å². The Hall–Kier alpha value is -3.02. The second-order valence-corrected chi connectivity index (χ2v) is 5.39. The first-order valence-corrected chi connectivity index (χ1v) is 7.63. The highest BCUT2D eigenvalue weighted by Gasteiger charge is 2.32. The predicted molar refractivity (Wildman–Crippen MR) is 89.4 cm³/mol. The smallest absolute Gasteiger partial charge is 0.414 e. The molecule has 1 aliphatic heterocycles. The van der Waals surface area contributed by atoms with E-state index in [1.165, 1.54) is 4.90 Å². The fourth-order valence-corrected chi connectivity index (χ4v) is 2.52. The number of hydrogen-bond acceptors (Lipinski definition) is 4. The van der Waals surface area contributed by atoms with Gasteiger partial charge in [-0.1, -0.05) is 24.3 Å². The Morgan fingerprint density at radius 1 is 1.25 bits per heavy atom. The number of amides is 2. The summed E-state index contributed by atoms with van der Waals surface area (Å²) in [6.07, 6.45) is -0.821. The van der Waals surface area contributed by atoms with Crippen LogP contribution in [-0.2, 0) is 4.74 Å². The van der Waals surface area contributed by atoms with Crippen LogP contribution in [0.15, 0.2) is 54.6 Å². The van der Waals surface area contributed by atoms with Crippen molar-refractivity contribution in [1.29, 1.82) is 0 Å². The molecule has 1 atom stereocenters. The van der Waals surface area contributed by atoms with Gasteiger partial charge in [0.15, 0.2) is 0 Å². The molecule has 0 saturated carbocycles. The van der Waals surface area contributed by atoms with Crippen molar-refractivity contribution >= 4 is 17.7 Å². The van der Waals surface area contributed by atoms with E-state index >= 15 is 0 Å². The molecular weight excluding hydrogens is 308 g/mol. The number of cyclic esters (lactones) is 1. The maximum atomic E-state index is 12.0. The first-order chi connectivity index (χ1) is 11.7. The summed E-state index contributed by atoms with van der Waals surface area (Å²) in [5, 5.41) is 2.79. The third-order valence-corrected chi connectivity index (χ3v) is 3.77. The molecule has 124 valence electrons. The van der Waals surface area contributed by atoms with Crippen LogP contribution in [0.1, 0.15) is 10.4 Å². The van der Waals surface area contributed by atoms with Gasteiger partial charge in [0, 0.05) is 11.6 Å². The molecule has 0 bridgehead atoms. The van der Waals surface area contributed by atoms with E-state index in [0.29, 0.717) is 23.5 Å². The maximum Gasteiger partial charge on any atom is 0.414 e. The van der Waals surface area contributed by atoms with Crippen molar-refractivity contribution in [1.82, 2.24) is 5.32 Å². The van der Waals surface area contributed by atoms with E-state index in [2.05, 4.69) is 5.32 Å². The maximum absolute atomic E-state index is 12.0. The Bertz CT molecular complexity index is 733. The number of anilines is 1. The summed E-state index contributed by atoms with van der Waals surface area (Å²) in [6, 6.07) is 16.1.